The maximum absolute atomic E-state index is 10.2. The molecule has 0 N–H and O–H groups in total. The Morgan fingerprint density at radius 3 is 2.04 bits per heavy atom. The van der Waals surface area contributed by atoms with Gasteiger partial charge >= 0.3 is 0 Å². The summed E-state index contributed by atoms with van der Waals surface area (Å²) in [5.41, 5.74) is 13.5. The number of nitriles is 2. The van der Waals surface area contributed by atoms with Crippen LogP contribution in [0.25, 0.3) is 61.3 Å². The molecular formula is C44H30N4. The van der Waals surface area contributed by atoms with Crippen LogP contribution in [0.15, 0.2) is 127 Å². The smallest absolute Gasteiger partial charge is 0.101 e. The van der Waals surface area contributed by atoms with Gasteiger partial charge in [-0.25, -0.2) is 0 Å². The zero-order valence-electron chi connectivity index (χ0n) is 26.3. The van der Waals surface area contributed by atoms with E-state index in [1.165, 1.54) is 33.1 Å². The highest BCUT2D eigenvalue weighted by molar-refractivity contribution is 6.10. The van der Waals surface area contributed by atoms with E-state index in [1.807, 2.05) is 24.3 Å². The molecule has 5 aromatic carbocycles. The molecule has 0 fully saturated rings. The van der Waals surface area contributed by atoms with Crippen LogP contribution < -0.4 is 0 Å². The second kappa shape index (κ2) is 11.2. The molecule has 7 aromatic rings. The van der Waals surface area contributed by atoms with Crippen LogP contribution >= 0.6 is 0 Å². The van der Waals surface area contributed by atoms with Crippen LogP contribution in [-0.2, 0) is 6.42 Å². The van der Waals surface area contributed by atoms with Gasteiger partial charge in [0.25, 0.3) is 0 Å². The van der Waals surface area contributed by atoms with Crippen molar-refractivity contribution in [1.29, 1.82) is 10.5 Å². The number of hydrogen-bond donors (Lipinski definition) is 0. The van der Waals surface area contributed by atoms with E-state index in [4.69, 9.17) is 0 Å². The Morgan fingerprint density at radius 1 is 0.604 bits per heavy atom. The summed E-state index contributed by atoms with van der Waals surface area (Å²) in [6.45, 7) is 0. The molecular weight excluding hydrogens is 585 g/mol. The van der Waals surface area contributed by atoms with Crippen molar-refractivity contribution in [3.05, 3.63) is 161 Å². The lowest BCUT2D eigenvalue weighted by atomic mass is 9.86. The van der Waals surface area contributed by atoms with Crippen LogP contribution in [0, 0.1) is 22.7 Å². The molecule has 226 valence electrons. The van der Waals surface area contributed by atoms with Crippen LogP contribution in [0.5, 0.6) is 0 Å². The molecule has 0 aliphatic heterocycles. The van der Waals surface area contributed by atoms with Gasteiger partial charge in [0.2, 0.25) is 0 Å². The standard InChI is InChI=1S/C44H30N4/c45-27-29-20-25-38(43(26-29)48-42-19-8-5-15-37(42)39-16-9-10-31(28-46)44(39)48)34-12-2-1-11-33(34)30-21-23-32(24-22-30)47-40-17-6-3-13-35(40)36-14-4-7-18-41(36)47/h3-7,9-18,20-26H,1-2,8,19H2. The summed E-state index contributed by atoms with van der Waals surface area (Å²) in [6.07, 6.45) is 12.8. The van der Waals surface area contributed by atoms with Crippen LogP contribution in [-0.4, -0.2) is 9.13 Å². The van der Waals surface area contributed by atoms with E-state index < -0.39 is 0 Å². The molecule has 9 rings (SSSR count). The zero-order chi connectivity index (χ0) is 32.2. The molecule has 4 nitrogen and oxygen atoms in total. The molecule has 0 spiro atoms. The van der Waals surface area contributed by atoms with Crippen molar-refractivity contribution < 1.29 is 0 Å². The third-order valence-corrected chi connectivity index (χ3v) is 9.91. The Morgan fingerprint density at radius 2 is 1.31 bits per heavy atom. The number of fused-ring (bicyclic) bond motifs is 6. The fourth-order valence-corrected chi connectivity index (χ4v) is 7.83. The highest BCUT2D eigenvalue weighted by atomic mass is 15.0. The predicted molar refractivity (Wildman–Crippen MR) is 196 cm³/mol. The average molecular weight is 615 g/mol. The Kier molecular flexibility index (Phi) is 6.49. The van der Waals surface area contributed by atoms with Crippen LogP contribution in [0.1, 0.15) is 52.8 Å². The van der Waals surface area contributed by atoms with E-state index in [0.29, 0.717) is 11.1 Å². The SMILES string of the molecule is N#Cc1ccc(C2=CCCC=C2c2ccc(-n3c4ccccc4c4ccccc43)cc2)c(-n2c3c(c4cccc(C#N)c42)C=CCC3)c1. The van der Waals surface area contributed by atoms with E-state index in [9.17, 15) is 10.5 Å². The van der Waals surface area contributed by atoms with Crippen molar-refractivity contribution in [2.45, 2.75) is 25.7 Å². The quantitative estimate of drug-likeness (QED) is 0.198. The highest BCUT2D eigenvalue weighted by Crippen LogP contribution is 2.42. The highest BCUT2D eigenvalue weighted by Gasteiger charge is 2.25. The fraction of sp³-hybridized carbons (Fsp3) is 0.0909. The molecule has 48 heavy (non-hydrogen) atoms. The monoisotopic (exact) mass is 614 g/mol. The van der Waals surface area contributed by atoms with Gasteiger partial charge in [-0.15, -0.1) is 0 Å². The first-order valence-electron chi connectivity index (χ1n) is 16.5. The van der Waals surface area contributed by atoms with Gasteiger partial charge in [-0.05, 0) is 84.9 Å². The molecule has 0 atom stereocenters. The van der Waals surface area contributed by atoms with Gasteiger partial charge in [0, 0.05) is 38.7 Å². The van der Waals surface area contributed by atoms with Crippen molar-refractivity contribution in [2.75, 3.05) is 0 Å². The summed E-state index contributed by atoms with van der Waals surface area (Å²) in [5.74, 6) is 0. The first-order chi connectivity index (χ1) is 23.7. The largest absolute Gasteiger partial charge is 0.311 e. The molecule has 0 amide bonds. The minimum Gasteiger partial charge on any atom is -0.311 e. The lowest BCUT2D eigenvalue weighted by Crippen LogP contribution is -2.08. The number of hydrogen-bond acceptors (Lipinski definition) is 2. The number of rotatable bonds is 4. The molecule has 2 heterocycles. The molecule has 0 radical (unpaired) electrons. The first-order valence-corrected chi connectivity index (χ1v) is 16.5. The van der Waals surface area contributed by atoms with E-state index in [-0.39, 0.29) is 0 Å². The fourth-order valence-electron chi connectivity index (χ4n) is 7.83. The van der Waals surface area contributed by atoms with E-state index in [0.717, 1.165) is 70.2 Å². The number of nitrogens with zero attached hydrogens (tertiary/aromatic N) is 4. The maximum atomic E-state index is 10.2. The summed E-state index contributed by atoms with van der Waals surface area (Å²) >= 11 is 0. The molecule has 0 saturated carbocycles. The minimum atomic E-state index is 0.600. The van der Waals surface area contributed by atoms with Crippen molar-refractivity contribution in [3.8, 4) is 23.5 Å². The topological polar surface area (TPSA) is 57.4 Å². The second-order valence-electron chi connectivity index (χ2n) is 12.5. The van der Waals surface area contributed by atoms with Crippen molar-refractivity contribution in [1.82, 2.24) is 9.13 Å². The maximum Gasteiger partial charge on any atom is 0.101 e. The van der Waals surface area contributed by atoms with Crippen molar-refractivity contribution >= 4 is 49.9 Å². The molecule has 2 aliphatic carbocycles. The molecule has 0 bridgehead atoms. The molecule has 0 saturated heterocycles. The Balaban J connectivity index is 1.20. The summed E-state index contributed by atoms with van der Waals surface area (Å²) in [4.78, 5) is 0. The van der Waals surface area contributed by atoms with Gasteiger partial charge in [0.1, 0.15) is 6.07 Å². The number of benzene rings is 5. The normalized spacial score (nSPS) is 14.0. The van der Waals surface area contributed by atoms with E-state index >= 15 is 0 Å². The van der Waals surface area contributed by atoms with Gasteiger partial charge in [-0.2, -0.15) is 10.5 Å². The van der Waals surface area contributed by atoms with Crippen LogP contribution in [0.4, 0.5) is 0 Å². The Hall–Kier alpha value is -6.36. The Labute approximate surface area is 279 Å². The summed E-state index contributed by atoms with van der Waals surface area (Å²) < 4.78 is 4.61. The van der Waals surface area contributed by atoms with Crippen molar-refractivity contribution in [3.63, 3.8) is 0 Å². The number of allylic oxidation sites excluding steroid dienone is 5. The van der Waals surface area contributed by atoms with E-state index in [2.05, 4.69) is 131 Å². The average Bonchev–Trinajstić information content (AvgIpc) is 3.68. The van der Waals surface area contributed by atoms with Gasteiger partial charge in [0.15, 0.2) is 0 Å². The number of aromatic nitrogens is 2. The van der Waals surface area contributed by atoms with Gasteiger partial charge in [-0.3, -0.25) is 0 Å². The lowest BCUT2D eigenvalue weighted by molar-refractivity contribution is 0.886. The second-order valence-corrected chi connectivity index (χ2v) is 12.5. The number of para-hydroxylation sites is 3. The summed E-state index contributed by atoms with van der Waals surface area (Å²) in [7, 11) is 0. The van der Waals surface area contributed by atoms with Gasteiger partial charge in [0.05, 0.1) is 39.4 Å². The Bertz CT molecular complexity index is 2570. The molecule has 4 heteroatoms. The van der Waals surface area contributed by atoms with Gasteiger partial charge < -0.3 is 9.13 Å². The third kappa shape index (κ3) is 4.20. The minimum absolute atomic E-state index is 0.600. The summed E-state index contributed by atoms with van der Waals surface area (Å²) in [6, 6.07) is 42.9. The van der Waals surface area contributed by atoms with Crippen LogP contribution in [0.3, 0.4) is 0 Å². The lowest BCUT2D eigenvalue weighted by Gasteiger charge is -2.23. The van der Waals surface area contributed by atoms with E-state index in [1.54, 1.807) is 0 Å². The zero-order valence-corrected chi connectivity index (χ0v) is 26.3. The van der Waals surface area contributed by atoms with Gasteiger partial charge in [-0.1, -0.05) is 91.0 Å². The third-order valence-electron chi connectivity index (χ3n) is 9.91. The molecule has 2 aliphatic rings. The van der Waals surface area contributed by atoms with Crippen LogP contribution in [0.2, 0.25) is 0 Å². The first kappa shape index (κ1) is 27.9. The summed E-state index contributed by atoms with van der Waals surface area (Å²) in [5, 5.41) is 23.8. The predicted octanol–water partition coefficient (Wildman–Crippen LogP) is 10.7. The molecule has 0 unspecified atom stereocenters. The molecule has 2 aromatic heterocycles. The van der Waals surface area contributed by atoms with Crippen molar-refractivity contribution in [2.24, 2.45) is 0 Å².